The molecule has 1 saturated heterocycles. The number of carbonyl (C=O) groups excluding carboxylic acids is 1. The van der Waals surface area contributed by atoms with Gasteiger partial charge in [0, 0.05) is 37.1 Å². The van der Waals surface area contributed by atoms with E-state index in [1.54, 1.807) is 37.6 Å². The Bertz CT molecular complexity index is 1040. The molecule has 1 amide bonds. The van der Waals surface area contributed by atoms with Gasteiger partial charge in [-0.15, -0.1) is 0 Å². The van der Waals surface area contributed by atoms with Gasteiger partial charge in [0.15, 0.2) is 0 Å². The lowest BCUT2D eigenvalue weighted by molar-refractivity contribution is 0.0583. The van der Waals surface area contributed by atoms with Gasteiger partial charge in [0.05, 0.1) is 25.4 Å². The Hall–Kier alpha value is -3.19. The summed E-state index contributed by atoms with van der Waals surface area (Å²) in [5.74, 6) is 0.748. The molecule has 1 aliphatic heterocycles. The van der Waals surface area contributed by atoms with Crippen molar-refractivity contribution < 1.29 is 9.53 Å². The van der Waals surface area contributed by atoms with Crippen molar-refractivity contribution >= 4 is 16.7 Å². The first-order valence-electron chi connectivity index (χ1n) is 9.26. The molecule has 1 aromatic heterocycles. The van der Waals surface area contributed by atoms with Crippen LogP contribution in [0.4, 0.5) is 0 Å². The minimum atomic E-state index is -0.0881. The molecule has 3 aromatic rings. The van der Waals surface area contributed by atoms with E-state index in [1.807, 2.05) is 29.2 Å². The summed E-state index contributed by atoms with van der Waals surface area (Å²) in [6.45, 7) is 3.06. The molecule has 0 radical (unpaired) electrons. The molecular formula is C21H22N4O3. The zero-order valence-corrected chi connectivity index (χ0v) is 15.7. The molecule has 0 spiro atoms. The van der Waals surface area contributed by atoms with Crippen LogP contribution >= 0.6 is 0 Å². The first-order valence-corrected chi connectivity index (χ1v) is 9.26. The van der Waals surface area contributed by atoms with Gasteiger partial charge in [-0.3, -0.25) is 14.5 Å². The lowest BCUT2D eigenvalue weighted by Crippen LogP contribution is -2.49. The Morgan fingerprint density at radius 2 is 1.75 bits per heavy atom. The monoisotopic (exact) mass is 378 g/mol. The number of nitrogens with zero attached hydrogens (tertiary/aromatic N) is 4. The molecule has 0 N–H and O–H groups in total. The smallest absolute Gasteiger partial charge is 0.275 e. The summed E-state index contributed by atoms with van der Waals surface area (Å²) in [5.41, 5.74) is 0.566. The van der Waals surface area contributed by atoms with Gasteiger partial charge >= 0.3 is 0 Å². The van der Waals surface area contributed by atoms with Crippen LogP contribution < -0.4 is 10.3 Å². The van der Waals surface area contributed by atoms with E-state index in [9.17, 15) is 9.59 Å². The third-order valence-electron chi connectivity index (χ3n) is 5.09. The summed E-state index contributed by atoms with van der Waals surface area (Å²) in [4.78, 5) is 29.3. The van der Waals surface area contributed by atoms with Crippen LogP contribution in [-0.4, -0.2) is 58.8 Å². The highest BCUT2D eigenvalue weighted by molar-refractivity contribution is 5.94. The minimum absolute atomic E-state index is 0.0169. The molecule has 2 heterocycles. The summed E-state index contributed by atoms with van der Waals surface area (Å²) in [5, 5.41) is 5.81. The van der Waals surface area contributed by atoms with Gasteiger partial charge < -0.3 is 9.64 Å². The number of hydrogen-bond acceptors (Lipinski definition) is 5. The molecule has 7 nitrogen and oxygen atoms in total. The van der Waals surface area contributed by atoms with Crippen LogP contribution in [0.25, 0.3) is 10.8 Å². The second-order valence-corrected chi connectivity index (χ2v) is 6.82. The van der Waals surface area contributed by atoms with Crippen molar-refractivity contribution in [3.63, 3.8) is 0 Å². The van der Waals surface area contributed by atoms with Gasteiger partial charge in [0.25, 0.3) is 11.5 Å². The molecule has 7 heteroatoms. The Kier molecular flexibility index (Phi) is 5.08. The number of ether oxygens (including phenoxy) is 1. The van der Waals surface area contributed by atoms with Gasteiger partial charge in [0.1, 0.15) is 5.75 Å². The van der Waals surface area contributed by atoms with Crippen molar-refractivity contribution in [2.45, 2.75) is 6.67 Å². The van der Waals surface area contributed by atoms with Crippen LogP contribution in [0.3, 0.4) is 0 Å². The second-order valence-electron chi connectivity index (χ2n) is 6.82. The maximum Gasteiger partial charge on any atom is 0.275 e. The third-order valence-corrected chi connectivity index (χ3v) is 5.09. The zero-order valence-electron chi connectivity index (χ0n) is 15.7. The molecule has 0 atom stereocenters. The van der Waals surface area contributed by atoms with Gasteiger partial charge in [-0.1, -0.05) is 18.2 Å². The molecule has 144 valence electrons. The van der Waals surface area contributed by atoms with E-state index in [2.05, 4.69) is 10.00 Å². The first-order chi connectivity index (χ1) is 13.7. The predicted octanol–water partition coefficient (Wildman–Crippen LogP) is 1.82. The lowest BCUT2D eigenvalue weighted by atomic mass is 10.1. The van der Waals surface area contributed by atoms with Gasteiger partial charge in [-0.05, 0) is 30.3 Å². The Morgan fingerprint density at radius 3 is 2.46 bits per heavy atom. The van der Waals surface area contributed by atoms with Gasteiger partial charge in [-0.2, -0.15) is 5.10 Å². The molecule has 0 bridgehead atoms. The largest absolute Gasteiger partial charge is 0.497 e. The summed E-state index contributed by atoms with van der Waals surface area (Å²) in [6.07, 6.45) is 1.72. The molecule has 0 aliphatic carbocycles. The maximum atomic E-state index is 12.7. The summed E-state index contributed by atoms with van der Waals surface area (Å²) < 4.78 is 6.63. The average Bonchev–Trinajstić information content (AvgIpc) is 2.76. The number of hydrogen-bond donors (Lipinski definition) is 0. The number of aromatic nitrogens is 2. The van der Waals surface area contributed by atoms with Crippen LogP contribution in [0.1, 0.15) is 10.4 Å². The van der Waals surface area contributed by atoms with Gasteiger partial charge in [-0.25, -0.2) is 4.68 Å². The topological polar surface area (TPSA) is 67.7 Å². The normalized spacial score (nSPS) is 15.0. The van der Waals surface area contributed by atoms with E-state index in [1.165, 1.54) is 4.68 Å². The number of carbonyl (C=O) groups is 1. The molecular weight excluding hydrogens is 356 g/mol. The molecule has 1 fully saturated rings. The number of rotatable bonds is 4. The zero-order chi connectivity index (χ0) is 19.5. The SMILES string of the molecule is COc1ccc(C(=O)N2CCN(Cn3ncc4ccccc4c3=O)CC2)cc1. The van der Waals surface area contributed by atoms with Crippen LogP contribution in [0.2, 0.25) is 0 Å². The van der Waals surface area contributed by atoms with E-state index in [0.29, 0.717) is 43.8 Å². The Balaban J connectivity index is 1.39. The van der Waals surface area contributed by atoms with Crippen molar-refractivity contribution in [3.05, 3.63) is 70.6 Å². The summed E-state index contributed by atoms with van der Waals surface area (Å²) >= 11 is 0. The average molecular weight is 378 g/mol. The molecule has 0 saturated carbocycles. The summed E-state index contributed by atoms with van der Waals surface area (Å²) in [7, 11) is 1.60. The second kappa shape index (κ2) is 7.82. The number of benzene rings is 2. The lowest BCUT2D eigenvalue weighted by Gasteiger charge is -2.34. The van der Waals surface area contributed by atoms with Crippen LogP contribution in [-0.2, 0) is 6.67 Å². The predicted molar refractivity (Wildman–Crippen MR) is 106 cm³/mol. The standard InChI is InChI=1S/C21H22N4O3/c1-28-18-8-6-16(7-9-18)20(26)24-12-10-23(11-13-24)15-25-21(27)19-5-3-2-4-17(19)14-22-25/h2-9,14H,10-13,15H2,1H3. The molecule has 0 unspecified atom stereocenters. The van der Waals surface area contributed by atoms with Crippen molar-refractivity contribution in [3.8, 4) is 5.75 Å². The van der Waals surface area contributed by atoms with E-state index in [-0.39, 0.29) is 11.5 Å². The Labute approximate surface area is 162 Å². The van der Waals surface area contributed by atoms with E-state index in [4.69, 9.17) is 4.74 Å². The van der Waals surface area contributed by atoms with Crippen LogP contribution in [0.15, 0.2) is 59.5 Å². The van der Waals surface area contributed by atoms with Crippen molar-refractivity contribution in [2.24, 2.45) is 0 Å². The molecule has 2 aromatic carbocycles. The van der Waals surface area contributed by atoms with Crippen LogP contribution in [0.5, 0.6) is 5.75 Å². The molecule has 28 heavy (non-hydrogen) atoms. The first kappa shape index (κ1) is 18.2. The number of piperazine rings is 1. The highest BCUT2D eigenvalue weighted by Crippen LogP contribution is 2.14. The molecule has 1 aliphatic rings. The quantitative estimate of drug-likeness (QED) is 0.693. The molecule has 4 rings (SSSR count). The fraction of sp³-hybridized carbons (Fsp3) is 0.286. The van der Waals surface area contributed by atoms with Crippen molar-refractivity contribution in [2.75, 3.05) is 33.3 Å². The van der Waals surface area contributed by atoms with E-state index in [0.717, 1.165) is 11.1 Å². The fourth-order valence-electron chi connectivity index (χ4n) is 3.43. The highest BCUT2D eigenvalue weighted by Gasteiger charge is 2.22. The van der Waals surface area contributed by atoms with Crippen LogP contribution in [0, 0.1) is 0 Å². The van der Waals surface area contributed by atoms with Gasteiger partial charge in [0.2, 0.25) is 0 Å². The number of fused-ring (bicyclic) bond motifs is 1. The highest BCUT2D eigenvalue weighted by atomic mass is 16.5. The van der Waals surface area contributed by atoms with Crippen molar-refractivity contribution in [1.82, 2.24) is 19.6 Å². The fourth-order valence-corrected chi connectivity index (χ4v) is 3.43. The maximum absolute atomic E-state index is 12.7. The van der Waals surface area contributed by atoms with E-state index >= 15 is 0 Å². The number of methoxy groups -OCH3 is 1. The summed E-state index contributed by atoms with van der Waals surface area (Å²) in [6, 6.07) is 14.6. The number of amides is 1. The Morgan fingerprint density at radius 1 is 1.04 bits per heavy atom. The minimum Gasteiger partial charge on any atom is -0.497 e. The third kappa shape index (κ3) is 3.61. The van der Waals surface area contributed by atoms with E-state index < -0.39 is 0 Å². The van der Waals surface area contributed by atoms with Crippen molar-refractivity contribution in [1.29, 1.82) is 0 Å².